The first kappa shape index (κ1) is 13.7. The van der Waals surface area contributed by atoms with Gasteiger partial charge in [0.2, 0.25) is 0 Å². The molecule has 0 unspecified atom stereocenters. The zero-order chi connectivity index (χ0) is 13.2. The second-order valence-corrected chi connectivity index (χ2v) is 6.93. The van der Waals surface area contributed by atoms with Gasteiger partial charge in [-0.05, 0) is 43.9 Å². The first-order valence-corrected chi connectivity index (χ1v) is 7.57. The van der Waals surface area contributed by atoms with Crippen LogP contribution in [0, 0.1) is 5.41 Å². The highest BCUT2D eigenvalue weighted by atomic mass is 16.2. The van der Waals surface area contributed by atoms with Crippen molar-refractivity contribution in [3.8, 4) is 0 Å². The molecular formula is C15H28N2O. The molecule has 0 radical (unpaired) electrons. The molecule has 0 aromatic rings. The highest BCUT2D eigenvalue weighted by molar-refractivity contribution is 5.72. The molecule has 0 aromatic heterocycles. The standard InChI is InChI=1S/C15H28N2O/c1-15(2)10-8-13(9-11-15)17(14(16)18)12-6-4-3-5-7-12/h12-13H,3-11H2,1-2H3,(H2,16,18). The summed E-state index contributed by atoms with van der Waals surface area (Å²) in [7, 11) is 0. The molecule has 0 saturated heterocycles. The van der Waals surface area contributed by atoms with Crippen LogP contribution in [0.2, 0.25) is 0 Å². The number of rotatable bonds is 2. The Morgan fingerprint density at radius 2 is 1.50 bits per heavy atom. The molecule has 0 aliphatic heterocycles. The summed E-state index contributed by atoms with van der Waals surface area (Å²) >= 11 is 0. The minimum absolute atomic E-state index is 0.188. The molecule has 2 fully saturated rings. The van der Waals surface area contributed by atoms with E-state index >= 15 is 0 Å². The third-order valence-electron chi connectivity index (χ3n) is 4.92. The second-order valence-electron chi connectivity index (χ2n) is 6.93. The van der Waals surface area contributed by atoms with Crippen molar-refractivity contribution in [1.82, 2.24) is 4.90 Å². The van der Waals surface area contributed by atoms with Gasteiger partial charge in [0.15, 0.2) is 0 Å². The molecule has 0 spiro atoms. The number of carbonyl (C=O) groups is 1. The quantitative estimate of drug-likeness (QED) is 0.800. The molecule has 2 N–H and O–H groups in total. The van der Waals surface area contributed by atoms with Crippen LogP contribution in [0.5, 0.6) is 0 Å². The molecular weight excluding hydrogens is 224 g/mol. The second kappa shape index (κ2) is 5.50. The molecule has 104 valence electrons. The molecule has 0 heterocycles. The molecule has 3 heteroatoms. The zero-order valence-corrected chi connectivity index (χ0v) is 12.0. The Labute approximate surface area is 111 Å². The number of primary amides is 1. The summed E-state index contributed by atoms with van der Waals surface area (Å²) in [5.74, 6) is 0. The van der Waals surface area contributed by atoms with Gasteiger partial charge in [0.05, 0.1) is 0 Å². The van der Waals surface area contributed by atoms with Crippen LogP contribution < -0.4 is 5.73 Å². The molecule has 0 atom stereocenters. The third-order valence-corrected chi connectivity index (χ3v) is 4.92. The molecule has 2 aliphatic rings. The van der Waals surface area contributed by atoms with Gasteiger partial charge in [0.25, 0.3) is 0 Å². The maximum atomic E-state index is 11.8. The van der Waals surface area contributed by atoms with E-state index in [9.17, 15) is 4.79 Å². The smallest absolute Gasteiger partial charge is 0.315 e. The van der Waals surface area contributed by atoms with Gasteiger partial charge in [-0.15, -0.1) is 0 Å². The van der Waals surface area contributed by atoms with Gasteiger partial charge >= 0.3 is 6.03 Å². The van der Waals surface area contributed by atoms with Crippen LogP contribution in [0.15, 0.2) is 0 Å². The van der Waals surface area contributed by atoms with Crippen molar-refractivity contribution >= 4 is 6.03 Å². The molecule has 2 amide bonds. The van der Waals surface area contributed by atoms with E-state index in [1.54, 1.807) is 0 Å². The van der Waals surface area contributed by atoms with Crippen LogP contribution in [0.1, 0.15) is 71.6 Å². The summed E-state index contributed by atoms with van der Waals surface area (Å²) in [4.78, 5) is 13.8. The monoisotopic (exact) mass is 252 g/mol. The van der Waals surface area contributed by atoms with Gasteiger partial charge in [-0.25, -0.2) is 4.79 Å². The van der Waals surface area contributed by atoms with E-state index in [4.69, 9.17) is 5.73 Å². The van der Waals surface area contributed by atoms with E-state index in [1.165, 1.54) is 32.1 Å². The maximum absolute atomic E-state index is 11.8. The van der Waals surface area contributed by atoms with Crippen molar-refractivity contribution in [3.05, 3.63) is 0 Å². The van der Waals surface area contributed by atoms with E-state index in [-0.39, 0.29) is 6.03 Å². The minimum Gasteiger partial charge on any atom is -0.351 e. The van der Waals surface area contributed by atoms with Crippen molar-refractivity contribution in [2.24, 2.45) is 11.1 Å². The van der Waals surface area contributed by atoms with Gasteiger partial charge < -0.3 is 10.6 Å². The average Bonchev–Trinajstić information content (AvgIpc) is 2.33. The lowest BCUT2D eigenvalue weighted by Crippen LogP contribution is -2.52. The van der Waals surface area contributed by atoms with E-state index in [1.807, 2.05) is 4.90 Å². The van der Waals surface area contributed by atoms with E-state index < -0.39 is 0 Å². The van der Waals surface area contributed by atoms with Gasteiger partial charge in [-0.2, -0.15) is 0 Å². The number of urea groups is 1. The summed E-state index contributed by atoms with van der Waals surface area (Å²) in [6.45, 7) is 4.66. The number of nitrogens with zero attached hydrogens (tertiary/aromatic N) is 1. The topological polar surface area (TPSA) is 46.3 Å². The van der Waals surface area contributed by atoms with Crippen LogP contribution >= 0.6 is 0 Å². The van der Waals surface area contributed by atoms with E-state index in [2.05, 4.69) is 13.8 Å². The number of amides is 2. The van der Waals surface area contributed by atoms with Crippen molar-refractivity contribution in [3.63, 3.8) is 0 Å². The van der Waals surface area contributed by atoms with Gasteiger partial charge in [-0.1, -0.05) is 33.1 Å². The molecule has 2 saturated carbocycles. The lowest BCUT2D eigenvalue weighted by atomic mass is 9.75. The predicted molar refractivity (Wildman–Crippen MR) is 74.3 cm³/mol. The first-order valence-electron chi connectivity index (χ1n) is 7.57. The Bertz CT molecular complexity index is 285. The predicted octanol–water partition coefficient (Wildman–Crippen LogP) is 3.67. The van der Waals surface area contributed by atoms with E-state index in [0.717, 1.165) is 25.7 Å². The summed E-state index contributed by atoms with van der Waals surface area (Å²) < 4.78 is 0. The Morgan fingerprint density at radius 1 is 1.00 bits per heavy atom. The van der Waals surface area contributed by atoms with Crippen LogP contribution in [-0.4, -0.2) is 23.0 Å². The highest BCUT2D eigenvalue weighted by Gasteiger charge is 2.35. The largest absolute Gasteiger partial charge is 0.351 e. The van der Waals surface area contributed by atoms with Crippen LogP contribution in [0.25, 0.3) is 0 Å². The van der Waals surface area contributed by atoms with Crippen molar-refractivity contribution < 1.29 is 4.79 Å². The summed E-state index contributed by atoms with van der Waals surface area (Å²) in [5.41, 5.74) is 6.10. The Morgan fingerprint density at radius 3 is 2.00 bits per heavy atom. The van der Waals surface area contributed by atoms with Gasteiger partial charge in [-0.3, -0.25) is 0 Å². The van der Waals surface area contributed by atoms with Crippen LogP contribution in [-0.2, 0) is 0 Å². The lowest BCUT2D eigenvalue weighted by molar-refractivity contribution is 0.0838. The van der Waals surface area contributed by atoms with Crippen LogP contribution in [0.4, 0.5) is 4.79 Å². The zero-order valence-electron chi connectivity index (χ0n) is 12.0. The normalized spacial score (nSPS) is 25.9. The third kappa shape index (κ3) is 3.18. The molecule has 0 bridgehead atoms. The van der Waals surface area contributed by atoms with Crippen molar-refractivity contribution in [2.75, 3.05) is 0 Å². The van der Waals surface area contributed by atoms with Gasteiger partial charge in [0, 0.05) is 12.1 Å². The fourth-order valence-electron chi connectivity index (χ4n) is 3.68. The number of nitrogens with two attached hydrogens (primary N) is 1. The summed E-state index contributed by atoms with van der Waals surface area (Å²) in [6, 6.07) is 0.632. The lowest BCUT2D eigenvalue weighted by Gasteiger charge is -2.44. The minimum atomic E-state index is -0.188. The average molecular weight is 252 g/mol. The highest BCUT2D eigenvalue weighted by Crippen LogP contribution is 2.38. The Hall–Kier alpha value is -0.730. The Kier molecular flexibility index (Phi) is 4.18. The van der Waals surface area contributed by atoms with Crippen LogP contribution in [0.3, 0.4) is 0 Å². The molecule has 2 aliphatic carbocycles. The maximum Gasteiger partial charge on any atom is 0.315 e. The summed E-state index contributed by atoms with van der Waals surface area (Å²) in [6.07, 6.45) is 10.8. The van der Waals surface area contributed by atoms with E-state index in [0.29, 0.717) is 17.5 Å². The fraction of sp³-hybridized carbons (Fsp3) is 0.933. The number of hydrogen-bond donors (Lipinski definition) is 1. The molecule has 18 heavy (non-hydrogen) atoms. The molecule has 2 rings (SSSR count). The Balaban J connectivity index is 1.99. The van der Waals surface area contributed by atoms with Gasteiger partial charge in [0.1, 0.15) is 0 Å². The number of hydrogen-bond acceptors (Lipinski definition) is 1. The fourth-order valence-corrected chi connectivity index (χ4v) is 3.68. The van der Waals surface area contributed by atoms with Crippen molar-refractivity contribution in [2.45, 2.75) is 83.7 Å². The van der Waals surface area contributed by atoms with Crippen molar-refractivity contribution in [1.29, 1.82) is 0 Å². The first-order chi connectivity index (χ1) is 8.49. The SMILES string of the molecule is CC1(C)CCC(N(C(N)=O)C2CCCCC2)CC1. The number of carbonyl (C=O) groups excluding carboxylic acids is 1. The molecule has 3 nitrogen and oxygen atoms in total. The summed E-state index contributed by atoms with van der Waals surface area (Å²) in [5, 5.41) is 0. The molecule has 0 aromatic carbocycles.